The summed E-state index contributed by atoms with van der Waals surface area (Å²) in [5, 5.41) is 18.5. The van der Waals surface area contributed by atoms with Crippen molar-refractivity contribution in [1.82, 2.24) is 4.90 Å². The molecule has 20 heavy (non-hydrogen) atoms. The molecule has 1 fully saturated rings. The van der Waals surface area contributed by atoms with Gasteiger partial charge in [-0.25, -0.2) is 4.79 Å². The van der Waals surface area contributed by atoms with Gasteiger partial charge in [-0.3, -0.25) is 4.90 Å². The van der Waals surface area contributed by atoms with E-state index in [0.717, 1.165) is 26.1 Å². The Labute approximate surface area is 118 Å². The van der Waals surface area contributed by atoms with E-state index in [1.165, 1.54) is 12.1 Å². The Balaban J connectivity index is 1.74. The van der Waals surface area contributed by atoms with Gasteiger partial charge in [-0.1, -0.05) is 6.92 Å². The molecule has 0 aromatic heterocycles. The molecule has 1 aromatic rings. The van der Waals surface area contributed by atoms with Crippen LogP contribution in [0.15, 0.2) is 24.3 Å². The van der Waals surface area contributed by atoms with Gasteiger partial charge in [0.2, 0.25) is 0 Å². The van der Waals surface area contributed by atoms with E-state index in [2.05, 4.69) is 11.8 Å². The standard InChI is InChI=1S/C15H21NO4/c1-11-10-16(7-6-14(11)17)8-9-20-13-4-2-12(3-5-13)15(18)19/h2-5,11,14,17H,6-10H2,1H3,(H,18,19). The van der Waals surface area contributed by atoms with Crippen LogP contribution in [0.3, 0.4) is 0 Å². The third-order valence-electron chi connectivity index (χ3n) is 3.72. The molecule has 110 valence electrons. The van der Waals surface area contributed by atoms with Gasteiger partial charge in [-0.05, 0) is 36.6 Å². The molecule has 0 saturated carbocycles. The van der Waals surface area contributed by atoms with Crippen LogP contribution in [-0.4, -0.2) is 53.4 Å². The smallest absolute Gasteiger partial charge is 0.335 e. The van der Waals surface area contributed by atoms with E-state index in [1.807, 2.05) is 0 Å². The zero-order valence-electron chi connectivity index (χ0n) is 11.7. The molecule has 1 heterocycles. The van der Waals surface area contributed by atoms with Gasteiger partial charge in [0, 0.05) is 19.6 Å². The van der Waals surface area contributed by atoms with Crippen molar-refractivity contribution in [2.75, 3.05) is 26.2 Å². The zero-order chi connectivity index (χ0) is 14.5. The highest BCUT2D eigenvalue weighted by molar-refractivity contribution is 5.87. The monoisotopic (exact) mass is 279 g/mol. The van der Waals surface area contributed by atoms with Crippen LogP contribution >= 0.6 is 0 Å². The summed E-state index contributed by atoms with van der Waals surface area (Å²) < 4.78 is 5.61. The minimum atomic E-state index is -0.933. The van der Waals surface area contributed by atoms with E-state index < -0.39 is 5.97 Å². The van der Waals surface area contributed by atoms with E-state index in [4.69, 9.17) is 9.84 Å². The Bertz CT molecular complexity index is 446. The lowest BCUT2D eigenvalue weighted by molar-refractivity contribution is 0.0304. The molecule has 2 rings (SSSR count). The highest BCUT2D eigenvalue weighted by Gasteiger charge is 2.23. The van der Waals surface area contributed by atoms with Gasteiger partial charge in [0.05, 0.1) is 11.7 Å². The number of carboxylic acid groups (broad SMARTS) is 1. The number of rotatable bonds is 5. The van der Waals surface area contributed by atoms with Crippen LogP contribution in [0.25, 0.3) is 0 Å². The number of hydrogen-bond acceptors (Lipinski definition) is 4. The predicted octanol–water partition coefficient (Wildman–Crippen LogP) is 1.47. The first kappa shape index (κ1) is 14.8. The normalized spacial score (nSPS) is 23.5. The van der Waals surface area contributed by atoms with Gasteiger partial charge in [-0.15, -0.1) is 0 Å². The van der Waals surface area contributed by atoms with E-state index >= 15 is 0 Å². The third kappa shape index (κ3) is 3.95. The molecule has 2 N–H and O–H groups in total. The summed E-state index contributed by atoms with van der Waals surface area (Å²) in [7, 11) is 0. The summed E-state index contributed by atoms with van der Waals surface area (Å²) in [6.45, 7) is 5.23. The lowest BCUT2D eigenvalue weighted by atomic mass is 9.97. The molecule has 1 aliphatic heterocycles. The van der Waals surface area contributed by atoms with Crippen molar-refractivity contribution in [3.63, 3.8) is 0 Å². The van der Waals surface area contributed by atoms with Crippen molar-refractivity contribution >= 4 is 5.97 Å². The molecular weight excluding hydrogens is 258 g/mol. The number of aromatic carboxylic acids is 1. The molecule has 5 nitrogen and oxygen atoms in total. The lowest BCUT2D eigenvalue weighted by Crippen LogP contribution is -2.43. The van der Waals surface area contributed by atoms with Crippen molar-refractivity contribution in [1.29, 1.82) is 0 Å². The highest BCUT2D eigenvalue weighted by atomic mass is 16.5. The second-order valence-corrected chi connectivity index (χ2v) is 5.31. The molecule has 1 aliphatic rings. The van der Waals surface area contributed by atoms with Crippen molar-refractivity contribution in [2.24, 2.45) is 5.92 Å². The Hall–Kier alpha value is -1.59. The first-order valence-electron chi connectivity index (χ1n) is 6.93. The molecule has 1 saturated heterocycles. The average Bonchev–Trinajstić information content (AvgIpc) is 2.43. The number of benzene rings is 1. The second-order valence-electron chi connectivity index (χ2n) is 5.31. The van der Waals surface area contributed by atoms with Gasteiger partial charge in [0.25, 0.3) is 0 Å². The van der Waals surface area contributed by atoms with E-state index in [0.29, 0.717) is 18.3 Å². The predicted molar refractivity (Wildman–Crippen MR) is 75.1 cm³/mol. The summed E-state index contributed by atoms with van der Waals surface area (Å²) in [5.41, 5.74) is 0.260. The fourth-order valence-electron chi connectivity index (χ4n) is 2.41. The fourth-order valence-corrected chi connectivity index (χ4v) is 2.41. The van der Waals surface area contributed by atoms with Crippen molar-refractivity contribution < 1.29 is 19.7 Å². The topological polar surface area (TPSA) is 70.0 Å². The summed E-state index contributed by atoms with van der Waals surface area (Å²) >= 11 is 0. The number of carbonyl (C=O) groups is 1. The van der Waals surface area contributed by atoms with Crippen LogP contribution in [0.2, 0.25) is 0 Å². The van der Waals surface area contributed by atoms with E-state index in [9.17, 15) is 9.90 Å². The summed E-state index contributed by atoms with van der Waals surface area (Å²) in [6, 6.07) is 6.42. The largest absolute Gasteiger partial charge is 0.492 e. The van der Waals surface area contributed by atoms with Gasteiger partial charge < -0.3 is 14.9 Å². The summed E-state index contributed by atoms with van der Waals surface area (Å²) in [5.74, 6) is 0.0519. The molecule has 2 unspecified atom stereocenters. The Morgan fingerprint density at radius 2 is 2.10 bits per heavy atom. The van der Waals surface area contributed by atoms with Crippen molar-refractivity contribution in [2.45, 2.75) is 19.4 Å². The molecule has 2 atom stereocenters. The number of piperidine rings is 1. The number of carboxylic acids is 1. The molecule has 0 bridgehead atoms. The average molecular weight is 279 g/mol. The Morgan fingerprint density at radius 1 is 1.40 bits per heavy atom. The Kier molecular flexibility index (Phi) is 4.98. The third-order valence-corrected chi connectivity index (χ3v) is 3.72. The number of ether oxygens (including phenoxy) is 1. The van der Waals surface area contributed by atoms with Gasteiger partial charge in [0.15, 0.2) is 0 Å². The zero-order valence-corrected chi connectivity index (χ0v) is 11.7. The minimum absolute atomic E-state index is 0.185. The molecule has 5 heteroatoms. The van der Waals surface area contributed by atoms with Crippen LogP contribution in [-0.2, 0) is 0 Å². The number of aliphatic hydroxyl groups excluding tert-OH is 1. The first-order valence-corrected chi connectivity index (χ1v) is 6.93. The van der Waals surface area contributed by atoms with Crippen LogP contribution in [0.1, 0.15) is 23.7 Å². The maximum Gasteiger partial charge on any atom is 0.335 e. The van der Waals surface area contributed by atoms with E-state index in [-0.39, 0.29) is 11.7 Å². The number of aliphatic hydroxyl groups is 1. The van der Waals surface area contributed by atoms with Gasteiger partial charge in [0.1, 0.15) is 12.4 Å². The van der Waals surface area contributed by atoms with Gasteiger partial charge >= 0.3 is 5.97 Å². The SMILES string of the molecule is CC1CN(CCOc2ccc(C(=O)O)cc2)CCC1O. The molecule has 1 aromatic carbocycles. The van der Waals surface area contributed by atoms with Crippen LogP contribution in [0.5, 0.6) is 5.75 Å². The summed E-state index contributed by atoms with van der Waals surface area (Å²) in [6.07, 6.45) is 0.629. The molecule has 0 radical (unpaired) electrons. The van der Waals surface area contributed by atoms with Crippen molar-refractivity contribution in [3.05, 3.63) is 29.8 Å². The molecule has 0 amide bonds. The second kappa shape index (κ2) is 6.72. The molecule has 0 aliphatic carbocycles. The molecular formula is C15H21NO4. The van der Waals surface area contributed by atoms with Crippen molar-refractivity contribution in [3.8, 4) is 5.75 Å². The van der Waals surface area contributed by atoms with Crippen LogP contribution < -0.4 is 4.74 Å². The fraction of sp³-hybridized carbons (Fsp3) is 0.533. The lowest BCUT2D eigenvalue weighted by Gasteiger charge is -2.34. The van der Waals surface area contributed by atoms with Gasteiger partial charge in [-0.2, -0.15) is 0 Å². The van der Waals surface area contributed by atoms with Crippen LogP contribution in [0.4, 0.5) is 0 Å². The number of nitrogens with zero attached hydrogens (tertiary/aromatic N) is 1. The first-order chi connectivity index (χ1) is 9.56. The summed E-state index contributed by atoms with van der Waals surface area (Å²) in [4.78, 5) is 13.0. The van der Waals surface area contributed by atoms with Crippen LogP contribution in [0, 0.1) is 5.92 Å². The quantitative estimate of drug-likeness (QED) is 0.854. The Morgan fingerprint density at radius 3 is 2.70 bits per heavy atom. The maximum absolute atomic E-state index is 10.7. The minimum Gasteiger partial charge on any atom is -0.492 e. The molecule has 0 spiro atoms. The number of likely N-dealkylation sites (tertiary alicyclic amines) is 1. The highest BCUT2D eigenvalue weighted by Crippen LogP contribution is 2.16. The maximum atomic E-state index is 10.7. The van der Waals surface area contributed by atoms with E-state index in [1.54, 1.807) is 12.1 Å². The number of hydrogen-bond donors (Lipinski definition) is 2.